The number of rotatable bonds is 9. The minimum absolute atomic E-state index is 0.0107. The molecule has 6 nitrogen and oxygen atoms in total. The van der Waals surface area contributed by atoms with Crippen LogP contribution in [-0.4, -0.2) is 20.1 Å². The van der Waals surface area contributed by atoms with Gasteiger partial charge in [-0.15, -0.1) is 0 Å². The molecule has 0 aliphatic rings. The van der Waals surface area contributed by atoms with E-state index in [1.807, 2.05) is 19.1 Å². The summed E-state index contributed by atoms with van der Waals surface area (Å²) in [6, 6.07) is 19.7. The molecule has 3 aromatic carbocycles. The zero-order valence-corrected chi connectivity index (χ0v) is 19.0. The topological polar surface area (TPSA) is 92.3 Å². The molecule has 0 atom stereocenters. The van der Waals surface area contributed by atoms with Gasteiger partial charge in [-0.25, -0.2) is 8.42 Å². The number of aryl methyl sites for hydroxylation is 1. The summed E-state index contributed by atoms with van der Waals surface area (Å²) in [7, 11) is -3.90. The average Bonchev–Trinajstić information content (AvgIpc) is 2.79. The van der Waals surface area contributed by atoms with Gasteiger partial charge in [0.05, 0.1) is 15.6 Å². The van der Waals surface area contributed by atoms with Crippen molar-refractivity contribution in [1.82, 2.24) is 0 Å². The van der Waals surface area contributed by atoms with Crippen molar-refractivity contribution < 1.29 is 18.0 Å². The Morgan fingerprint density at radius 3 is 2.31 bits per heavy atom. The van der Waals surface area contributed by atoms with Crippen molar-refractivity contribution in [2.75, 3.05) is 10.0 Å². The average molecular weight is 471 g/mol. The van der Waals surface area contributed by atoms with Crippen LogP contribution in [0.3, 0.4) is 0 Å². The highest BCUT2D eigenvalue weighted by atomic mass is 35.5. The van der Waals surface area contributed by atoms with E-state index in [0.29, 0.717) is 11.3 Å². The van der Waals surface area contributed by atoms with Crippen LogP contribution in [0.2, 0.25) is 5.02 Å². The summed E-state index contributed by atoms with van der Waals surface area (Å²) in [6.07, 6.45) is 0.937. The van der Waals surface area contributed by atoms with Gasteiger partial charge in [-0.3, -0.25) is 14.3 Å². The van der Waals surface area contributed by atoms with Gasteiger partial charge in [0.1, 0.15) is 0 Å². The van der Waals surface area contributed by atoms with Gasteiger partial charge in [-0.1, -0.05) is 61.0 Å². The summed E-state index contributed by atoms with van der Waals surface area (Å²) >= 11 is 6.03. The number of Topliss-reactive ketones (excluding diaryl/α,β-unsaturated/α-hetero) is 1. The minimum Gasteiger partial charge on any atom is -0.326 e. The number of para-hydroxylation sites is 1. The lowest BCUT2D eigenvalue weighted by molar-refractivity contribution is -0.116. The molecule has 8 heteroatoms. The number of nitrogens with one attached hydrogen (secondary N) is 2. The number of halogens is 1. The maximum atomic E-state index is 12.7. The quantitative estimate of drug-likeness (QED) is 0.415. The zero-order valence-electron chi connectivity index (χ0n) is 17.5. The van der Waals surface area contributed by atoms with E-state index in [9.17, 15) is 18.0 Å². The van der Waals surface area contributed by atoms with Crippen molar-refractivity contribution in [2.45, 2.75) is 31.1 Å². The van der Waals surface area contributed by atoms with Gasteiger partial charge in [0.2, 0.25) is 5.91 Å². The zero-order chi connectivity index (χ0) is 23.1. The molecule has 3 aromatic rings. The van der Waals surface area contributed by atoms with Crippen LogP contribution in [0, 0.1) is 0 Å². The first kappa shape index (κ1) is 23.5. The molecule has 0 saturated carbocycles. The van der Waals surface area contributed by atoms with Crippen LogP contribution in [0.25, 0.3) is 0 Å². The molecule has 0 spiro atoms. The first-order valence-electron chi connectivity index (χ1n) is 10.1. The lowest BCUT2D eigenvalue weighted by atomic mass is 10.0. The molecule has 1 amide bonds. The molecule has 0 aromatic heterocycles. The molecule has 0 aliphatic carbocycles. The van der Waals surface area contributed by atoms with Crippen LogP contribution in [-0.2, 0) is 21.2 Å². The summed E-state index contributed by atoms with van der Waals surface area (Å²) in [6.45, 7) is 2.04. The van der Waals surface area contributed by atoms with Crippen molar-refractivity contribution in [3.63, 3.8) is 0 Å². The lowest BCUT2D eigenvalue weighted by Gasteiger charge is -2.11. The molecule has 0 saturated heterocycles. The van der Waals surface area contributed by atoms with Crippen LogP contribution >= 0.6 is 11.6 Å². The van der Waals surface area contributed by atoms with E-state index in [1.165, 1.54) is 18.2 Å². The van der Waals surface area contributed by atoms with Crippen molar-refractivity contribution in [2.24, 2.45) is 0 Å². The molecule has 166 valence electrons. The summed E-state index contributed by atoms with van der Waals surface area (Å²) < 4.78 is 27.8. The fraction of sp³-hybridized carbons (Fsp3) is 0.167. The monoisotopic (exact) mass is 470 g/mol. The standard InChI is InChI=1S/C24H23ClN2O4S/c1-2-17-10-12-18(13-11-17)23(28)14-15-24(29)26-19-6-5-7-20(16-19)32(30,31)27-22-9-4-3-8-21(22)25/h3-13,16,27H,2,14-15H2,1H3,(H,26,29). The molecular weight excluding hydrogens is 448 g/mol. The molecule has 0 aliphatic heterocycles. The maximum Gasteiger partial charge on any atom is 0.262 e. The lowest BCUT2D eigenvalue weighted by Crippen LogP contribution is -2.16. The largest absolute Gasteiger partial charge is 0.326 e. The van der Waals surface area contributed by atoms with Crippen LogP contribution in [0.1, 0.15) is 35.7 Å². The summed E-state index contributed by atoms with van der Waals surface area (Å²) in [5.41, 5.74) is 2.28. The Balaban J connectivity index is 1.61. The third-order valence-corrected chi connectivity index (χ3v) is 6.50. The number of sulfonamides is 1. The Bertz CT molecular complexity index is 1220. The number of hydrogen-bond donors (Lipinski definition) is 2. The summed E-state index contributed by atoms with van der Waals surface area (Å²) in [5.74, 6) is -0.500. The first-order valence-corrected chi connectivity index (χ1v) is 11.9. The van der Waals surface area contributed by atoms with Crippen LogP contribution in [0.4, 0.5) is 11.4 Å². The number of amides is 1. The van der Waals surface area contributed by atoms with Crippen LogP contribution < -0.4 is 10.0 Å². The predicted octanol–water partition coefficient (Wildman–Crippen LogP) is 5.30. The second kappa shape index (κ2) is 10.4. The Kier molecular flexibility index (Phi) is 7.66. The molecule has 0 radical (unpaired) electrons. The predicted molar refractivity (Wildman–Crippen MR) is 127 cm³/mol. The van der Waals surface area contributed by atoms with Crippen molar-refractivity contribution >= 4 is 44.7 Å². The van der Waals surface area contributed by atoms with Crippen LogP contribution in [0.5, 0.6) is 0 Å². The number of benzene rings is 3. The fourth-order valence-electron chi connectivity index (χ4n) is 3.01. The fourth-order valence-corrected chi connectivity index (χ4v) is 4.37. The highest BCUT2D eigenvalue weighted by molar-refractivity contribution is 7.92. The summed E-state index contributed by atoms with van der Waals surface area (Å²) in [5, 5.41) is 2.92. The SMILES string of the molecule is CCc1ccc(C(=O)CCC(=O)Nc2cccc(S(=O)(=O)Nc3ccccc3Cl)c2)cc1. The van der Waals surface area contributed by atoms with E-state index in [1.54, 1.807) is 42.5 Å². The molecule has 0 fully saturated rings. The van der Waals surface area contributed by atoms with E-state index < -0.39 is 10.0 Å². The maximum absolute atomic E-state index is 12.7. The Hall–Kier alpha value is -3.16. The van der Waals surface area contributed by atoms with Crippen molar-refractivity contribution in [1.29, 1.82) is 0 Å². The van der Waals surface area contributed by atoms with Gasteiger partial charge in [0, 0.05) is 24.1 Å². The number of carbonyl (C=O) groups excluding carboxylic acids is 2. The molecule has 2 N–H and O–H groups in total. The van der Waals surface area contributed by atoms with E-state index in [4.69, 9.17) is 11.6 Å². The van der Waals surface area contributed by atoms with Gasteiger partial charge in [-0.2, -0.15) is 0 Å². The van der Waals surface area contributed by atoms with Gasteiger partial charge in [0.15, 0.2) is 5.78 Å². The Morgan fingerprint density at radius 1 is 0.906 bits per heavy atom. The van der Waals surface area contributed by atoms with Gasteiger partial charge < -0.3 is 5.32 Å². The number of anilines is 2. The molecule has 32 heavy (non-hydrogen) atoms. The Labute approximate surface area is 192 Å². The van der Waals surface area contributed by atoms with Crippen molar-refractivity contribution in [3.05, 3.63) is 88.9 Å². The van der Waals surface area contributed by atoms with Gasteiger partial charge in [0.25, 0.3) is 10.0 Å². The molecule has 3 rings (SSSR count). The second-order valence-electron chi connectivity index (χ2n) is 7.14. The molecule has 0 heterocycles. The number of hydrogen-bond acceptors (Lipinski definition) is 4. The third kappa shape index (κ3) is 6.18. The number of carbonyl (C=O) groups is 2. The molecule has 0 bridgehead atoms. The molecule has 0 unspecified atom stereocenters. The second-order valence-corrected chi connectivity index (χ2v) is 9.22. The van der Waals surface area contributed by atoms with Gasteiger partial charge in [-0.05, 0) is 42.3 Å². The summed E-state index contributed by atoms with van der Waals surface area (Å²) in [4.78, 5) is 24.6. The van der Waals surface area contributed by atoms with Crippen LogP contribution in [0.15, 0.2) is 77.7 Å². The highest BCUT2D eigenvalue weighted by Crippen LogP contribution is 2.25. The molecular formula is C24H23ClN2O4S. The highest BCUT2D eigenvalue weighted by Gasteiger charge is 2.17. The van der Waals surface area contributed by atoms with E-state index in [2.05, 4.69) is 10.0 Å². The Morgan fingerprint density at radius 2 is 1.62 bits per heavy atom. The van der Waals surface area contributed by atoms with E-state index in [-0.39, 0.29) is 40.1 Å². The first-order chi connectivity index (χ1) is 15.3. The van der Waals surface area contributed by atoms with E-state index in [0.717, 1.165) is 12.0 Å². The minimum atomic E-state index is -3.90. The normalized spacial score (nSPS) is 11.1. The van der Waals surface area contributed by atoms with Crippen molar-refractivity contribution in [3.8, 4) is 0 Å². The van der Waals surface area contributed by atoms with Gasteiger partial charge >= 0.3 is 0 Å². The third-order valence-electron chi connectivity index (χ3n) is 4.81. The van der Waals surface area contributed by atoms with E-state index >= 15 is 0 Å². The smallest absolute Gasteiger partial charge is 0.262 e. The number of ketones is 1.